The van der Waals surface area contributed by atoms with Crippen molar-refractivity contribution >= 4 is 11.9 Å². The molecule has 1 amide bonds. The Balaban J connectivity index is 1.93. The van der Waals surface area contributed by atoms with Crippen molar-refractivity contribution in [1.29, 1.82) is 0 Å². The number of ether oxygens (including phenoxy) is 1. The Morgan fingerprint density at radius 1 is 1.20 bits per heavy atom. The second kappa shape index (κ2) is 8.28. The van der Waals surface area contributed by atoms with Gasteiger partial charge in [-0.25, -0.2) is 9.78 Å². The summed E-state index contributed by atoms with van der Waals surface area (Å²) in [7, 11) is 3.37. The van der Waals surface area contributed by atoms with Gasteiger partial charge < -0.3 is 14.7 Å². The molecule has 0 aliphatic rings. The molecule has 1 unspecified atom stereocenters. The number of carboxylic acids is 1. The van der Waals surface area contributed by atoms with Crippen LogP contribution in [0.5, 0.6) is 5.75 Å². The predicted molar refractivity (Wildman–Crippen MR) is 94.0 cm³/mol. The lowest BCUT2D eigenvalue weighted by Gasteiger charge is -2.22. The summed E-state index contributed by atoms with van der Waals surface area (Å²) < 4.78 is 5.15. The van der Waals surface area contributed by atoms with Crippen molar-refractivity contribution in [3.05, 3.63) is 59.4 Å². The maximum absolute atomic E-state index is 12.4. The molecule has 2 rings (SSSR count). The van der Waals surface area contributed by atoms with Gasteiger partial charge in [-0.15, -0.1) is 0 Å². The third-order valence-electron chi connectivity index (χ3n) is 3.91. The zero-order valence-corrected chi connectivity index (χ0v) is 14.6. The van der Waals surface area contributed by atoms with Gasteiger partial charge >= 0.3 is 5.97 Å². The minimum absolute atomic E-state index is 0.0768. The number of hydrogen-bond donors (Lipinski definition) is 1. The number of amides is 1. The zero-order chi connectivity index (χ0) is 18.4. The molecule has 0 fully saturated rings. The first kappa shape index (κ1) is 18.4. The van der Waals surface area contributed by atoms with Crippen molar-refractivity contribution in [2.75, 3.05) is 20.7 Å². The standard InChI is InChI=1S/C19H22N2O4/c1-13(10-14-4-7-16(25-3)8-5-14)12-21(2)18(22)15-6-9-17(19(23)24)20-11-15/h4-9,11,13H,10,12H2,1-3H3,(H,23,24). The Morgan fingerprint density at radius 2 is 1.88 bits per heavy atom. The normalized spacial score (nSPS) is 11.6. The maximum Gasteiger partial charge on any atom is 0.354 e. The van der Waals surface area contributed by atoms with Crippen LogP contribution >= 0.6 is 0 Å². The number of methoxy groups -OCH3 is 1. The molecule has 0 aliphatic heterocycles. The highest BCUT2D eigenvalue weighted by Crippen LogP contribution is 2.15. The first-order chi connectivity index (χ1) is 11.9. The molecule has 0 aliphatic carbocycles. The second-order valence-electron chi connectivity index (χ2n) is 6.08. The molecule has 2 aromatic rings. The van der Waals surface area contributed by atoms with E-state index in [4.69, 9.17) is 9.84 Å². The average molecular weight is 342 g/mol. The molecular formula is C19H22N2O4. The fourth-order valence-electron chi connectivity index (χ4n) is 2.65. The fraction of sp³-hybridized carbons (Fsp3) is 0.316. The van der Waals surface area contributed by atoms with E-state index in [1.54, 1.807) is 19.1 Å². The molecule has 6 heteroatoms. The lowest BCUT2D eigenvalue weighted by Crippen LogP contribution is -2.31. The highest BCUT2D eigenvalue weighted by molar-refractivity contribution is 5.94. The number of rotatable bonds is 7. The quantitative estimate of drug-likeness (QED) is 0.837. The monoisotopic (exact) mass is 342 g/mol. The van der Waals surface area contributed by atoms with E-state index >= 15 is 0 Å². The van der Waals surface area contributed by atoms with E-state index in [2.05, 4.69) is 11.9 Å². The molecule has 0 saturated heterocycles. The minimum atomic E-state index is -1.11. The fourth-order valence-corrected chi connectivity index (χ4v) is 2.65. The van der Waals surface area contributed by atoms with Crippen LogP contribution in [0.15, 0.2) is 42.6 Å². The lowest BCUT2D eigenvalue weighted by atomic mass is 10.0. The van der Waals surface area contributed by atoms with E-state index in [0.717, 1.165) is 12.2 Å². The summed E-state index contributed by atoms with van der Waals surface area (Å²) in [6, 6.07) is 10.7. The van der Waals surface area contributed by atoms with Gasteiger partial charge in [-0.05, 0) is 42.2 Å². The average Bonchev–Trinajstić information content (AvgIpc) is 2.61. The van der Waals surface area contributed by atoms with Crippen LogP contribution in [0.2, 0.25) is 0 Å². The molecule has 0 saturated carbocycles. The minimum Gasteiger partial charge on any atom is -0.497 e. The van der Waals surface area contributed by atoms with E-state index < -0.39 is 5.97 Å². The van der Waals surface area contributed by atoms with Gasteiger partial charge in [0.25, 0.3) is 5.91 Å². The lowest BCUT2D eigenvalue weighted by molar-refractivity contribution is 0.0688. The molecular weight excluding hydrogens is 320 g/mol. The molecule has 6 nitrogen and oxygen atoms in total. The molecule has 132 valence electrons. The summed E-state index contributed by atoms with van der Waals surface area (Å²) in [5, 5.41) is 8.85. The zero-order valence-electron chi connectivity index (χ0n) is 14.6. The summed E-state index contributed by atoms with van der Waals surface area (Å²) in [6.07, 6.45) is 2.15. The number of carbonyl (C=O) groups is 2. The number of hydrogen-bond acceptors (Lipinski definition) is 4. The molecule has 25 heavy (non-hydrogen) atoms. The highest BCUT2D eigenvalue weighted by Gasteiger charge is 2.16. The highest BCUT2D eigenvalue weighted by atomic mass is 16.5. The summed E-state index contributed by atoms with van der Waals surface area (Å²) >= 11 is 0. The topological polar surface area (TPSA) is 79.7 Å². The van der Waals surface area contributed by atoms with E-state index in [-0.39, 0.29) is 17.5 Å². The Morgan fingerprint density at radius 3 is 2.40 bits per heavy atom. The van der Waals surface area contributed by atoms with Crippen LogP contribution in [0.25, 0.3) is 0 Å². The van der Waals surface area contributed by atoms with Crippen LogP contribution in [0.1, 0.15) is 33.3 Å². The van der Waals surface area contributed by atoms with Crippen molar-refractivity contribution in [3.8, 4) is 5.75 Å². The summed E-state index contributed by atoms with van der Waals surface area (Å²) in [5.74, 6) is -0.193. The number of carboxylic acid groups (broad SMARTS) is 1. The van der Waals surface area contributed by atoms with Gasteiger partial charge in [-0.3, -0.25) is 4.79 Å². The van der Waals surface area contributed by atoms with E-state index in [1.807, 2.05) is 24.3 Å². The largest absolute Gasteiger partial charge is 0.497 e. The molecule has 1 aromatic carbocycles. The van der Waals surface area contributed by atoms with Gasteiger partial charge in [0, 0.05) is 19.8 Å². The van der Waals surface area contributed by atoms with Crippen molar-refractivity contribution in [2.45, 2.75) is 13.3 Å². The van der Waals surface area contributed by atoms with Crippen LogP contribution in [0.3, 0.4) is 0 Å². The molecule has 0 bridgehead atoms. The smallest absolute Gasteiger partial charge is 0.354 e. The molecule has 1 heterocycles. The van der Waals surface area contributed by atoms with Crippen molar-refractivity contribution in [2.24, 2.45) is 5.92 Å². The molecule has 0 radical (unpaired) electrons. The number of carbonyl (C=O) groups excluding carboxylic acids is 1. The van der Waals surface area contributed by atoms with Crippen LogP contribution < -0.4 is 4.74 Å². The van der Waals surface area contributed by atoms with Crippen LogP contribution in [0.4, 0.5) is 0 Å². The first-order valence-corrected chi connectivity index (χ1v) is 7.98. The van der Waals surface area contributed by atoms with Crippen molar-refractivity contribution in [1.82, 2.24) is 9.88 Å². The number of benzene rings is 1. The molecule has 1 aromatic heterocycles. The Kier molecular flexibility index (Phi) is 6.11. The van der Waals surface area contributed by atoms with Gasteiger partial charge in [0.05, 0.1) is 12.7 Å². The van der Waals surface area contributed by atoms with Gasteiger partial charge in [0.15, 0.2) is 0 Å². The molecule has 1 atom stereocenters. The van der Waals surface area contributed by atoms with Gasteiger partial charge in [0.2, 0.25) is 0 Å². The van der Waals surface area contributed by atoms with Gasteiger partial charge in [-0.1, -0.05) is 19.1 Å². The van der Waals surface area contributed by atoms with E-state index in [0.29, 0.717) is 12.1 Å². The Bertz CT molecular complexity index is 726. The van der Waals surface area contributed by atoms with Gasteiger partial charge in [0.1, 0.15) is 11.4 Å². The SMILES string of the molecule is COc1ccc(CC(C)CN(C)C(=O)c2ccc(C(=O)O)nc2)cc1. The predicted octanol–water partition coefficient (Wildman–Crippen LogP) is 2.74. The van der Waals surface area contributed by atoms with Crippen LogP contribution in [0, 0.1) is 5.92 Å². The van der Waals surface area contributed by atoms with Gasteiger partial charge in [-0.2, -0.15) is 0 Å². The summed E-state index contributed by atoms with van der Waals surface area (Å²) in [5.41, 5.74) is 1.48. The van der Waals surface area contributed by atoms with E-state index in [1.165, 1.54) is 23.9 Å². The van der Waals surface area contributed by atoms with Crippen LogP contribution in [-0.2, 0) is 6.42 Å². The van der Waals surface area contributed by atoms with Crippen molar-refractivity contribution < 1.29 is 19.4 Å². The second-order valence-corrected chi connectivity index (χ2v) is 6.08. The maximum atomic E-state index is 12.4. The van der Waals surface area contributed by atoms with Crippen molar-refractivity contribution in [3.63, 3.8) is 0 Å². The first-order valence-electron chi connectivity index (χ1n) is 7.98. The summed E-state index contributed by atoms with van der Waals surface area (Å²) in [4.78, 5) is 28.6. The number of aromatic nitrogens is 1. The Labute approximate surface area is 147 Å². The third-order valence-corrected chi connectivity index (χ3v) is 3.91. The number of nitrogens with zero attached hydrogens (tertiary/aromatic N) is 2. The third kappa shape index (κ3) is 5.04. The number of aromatic carboxylic acids is 1. The van der Waals surface area contributed by atoms with Crippen LogP contribution in [-0.4, -0.2) is 47.6 Å². The molecule has 0 spiro atoms. The number of pyridine rings is 1. The summed E-state index contributed by atoms with van der Waals surface area (Å²) in [6.45, 7) is 2.67. The molecule has 1 N–H and O–H groups in total. The Hall–Kier alpha value is -2.89. The van der Waals surface area contributed by atoms with E-state index in [9.17, 15) is 9.59 Å².